The van der Waals surface area contributed by atoms with Gasteiger partial charge in [0, 0.05) is 13.0 Å². The summed E-state index contributed by atoms with van der Waals surface area (Å²) >= 11 is 0. The van der Waals surface area contributed by atoms with Crippen molar-refractivity contribution in [3.05, 3.63) is 17.8 Å². The lowest BCUT2D eigenvalue weighted by molar-refractivity contribution is 0.0651. The average Bonchev–Trinajstić information content (AvgIpc) is 2.76. The van der Waals surface area contributed by atoms with E-state index in [1.807, 2.05) is 0 Å². The highest BCUT2D eigenvalue weighted by molar-refractivity contribution is 5.81. The van der Waals surface area contributed by atoms with Gasteiger partial charge in [0.15, 0.2) is 0 Å². The van der Waals surface area contributed by atoms with Gasteiger partial charge in [-0.05, 0) is 25.9 Å². The molecule has 1 N–H and O–H groups in total. The summed E-state index contributed by atoms with van der Waals surface area (Å²) in [6.07, 6.45) is 3.44. The van der Waals surface area contributed by atoms with Gasteiger partial charge < -0.3 is 14.4 Å². The number of hydrogen-bond donors (Lipinski definition) is 1. The van der Waals surface area contributed by atoms with Crippen LogP contribution in [0.15, 0.2) is 10.6 Å². The quantitative estimate of drug-likeness (QED) is 0.801. The van der Waals surface area contributed by atoms with Crippen molar-refractivity contribution >= 4 is 5.97 Å². The van der Waals surface area contributed by atoms with Crippen LogP contribution in [0.1, 0.15) is 22.9 Å². The van der Waals surface area contributed by atoms with Crippen molar-refractivity contribution < 1.29 is 14.3 Å². The van der Waals surface area contributed by atoms with Crippen LogP contribution in [0, 0.1) is 5.92 Å². The smallest absolute Gasteiger partial charge is 0.392 e. The zero-order valence-electron chi connectivity index (χ0n) is 8.64. The normalized spacial score (nSPS) is 22.1. The number of rotatable bonds is 3. The van der Waals surface area contributed by atoms with Crippen molar-refractivity contribution in [3.8, 4) is 0 Å². The molecule has 0 saturated carbocycles. The van der Waals surface area contributed by atoms with Crippen LogP contribution in [0.25, 0.3) is 0 Å². The van der Waals surface area contributed by atoms with Crippen molar-refractivity contribution in [2.75, 3.05) is 20.1 Å². The summed E-state index contributed by atoms with van der Waals surface area (Å²) in [4.78, 5) is 16.5. The molecule has 5 heteroatoms. The minimum absolute atomic E-state index is 0.212. The summed E-state index contributed by atoms with van der Waals surface area (Å²) in [6, 6.07) is 0. The Hall–Kier alpha value is -1.36. The van der Waals surface area contributed by atoms with Gasteiger partial charge in [0.1, 0.15) is 5.76 Å². The van der Waals surface area contributed by atoms with Gasteiger partial charge in [-0.15, -0.1) is 0 Å². The van der Waals surface area contributed by atoms with Gasteiger partial charge in [0.05, 0.1) is 6.20 Å². The standard InChI is InChI=1S/C10H14N2O3/c1-12-3-2-7(6-12)4-8-5-11-9(15-8)10(13)14/h5,7H,2-4,6H2,1H3,(H,13,14). The lowest BCUT2D eigenvalue weighted by atomic mass is 10.0. The summed E-state index contributed by atoms with van der Waals surface area (Å²) in [6.45, 7) is 2.15. The molecule has 1 fully saturated rings. The number of aromatic nitrogens is 1. The van der Waals surface area contributed by atoms with Crippen molar-refractivity contribution in [2.24, 2.45) is 5.92 Å². The fourth-order valence-corrected chi connectivity index (χ4v) is 1.98. The average molecular weight is 210 g/mol. The van der Waals surface area contributed by atoms with Crippen LogP contribution in [0.5, 0.6) is 0 Å². The summed E-state index contributed by atoms with van der Waals surface area (Å²) < 4.78 is 5.11. The summed E-state index contributed by atoms with van der Waals surface area (Å²) in [5.74, 6) is -0.0848. The maximum absolute atomic E-state index is 10.5. The van der Waals surface area contributed by atoms with Crippen LogP contribution >= 0.6 is 0 Å². The van der Waals surface area contributed by atoms with Crippen molar-refractivity contribution in [1.82, 2.24) is 9.88 Å². The van der Waals surface area contributed by atoms with E-state index in [-0.39, 0.29) is 5.89 Å². The van der Waals surface area contributed by atoms with Crippen LogP contribution in [0.2, 0.25) is 0 Å². The second-order valence-corrected chi connectivity index (χ2v) is 4.06. The highest BCUT2D eigenvalue weighted by atomic mass is 16.4. The Kier molecular flexibility index (Phi) is 2.73. The molecule has 0 spiro atoms. The van der Waals surface area contributed by atoms with Gasteiger partial charge >= 0.3 is 11.9 Å². The molecule has 1 aliphatic rings. The molecule has 1 saturated heterocycles. The first-order valence-electron chi connectivity index (χ1n) is 5.01. The van der Waals surface area contributed by atoms with Gasteiger partial charge in [-0.2, -0.15) is 0 Å². The Balaban J connectivity index is 1.96. The van der Waals surface area contributed by atoms with Crippen molar-refractivity contribution in [3.63, 3.8) is 0 Å². The van der Waals surface area contributed by atoms with Gasteiger partial charge in [0.2, 0.25) is 0 Å². The van der Waals surface area contributed by atoms with E-state index in [1.54, 1.807) is 0 Å². The number of nitrogens with zero attached hydrogens (tertiary/aromatic N) is 2. The topological polar surface area (TPSA) is 66.6 Å². The molecule has 5 nitrogen and oxygen atoms in total. The monoisotopic (exact) mass is 210 g/mol. The van der Waals surface area contributed by atoms with Crippen molar-refractivity contribution in [1.29, 1.82) is 0 Å². The largest absolute Gasteiger partial charge is 0.474 e. The van der Waals surface area contributed by atoms with E-state index in [0.717, 1.165) is 25.9 Å². The number of carbonyl (C=O) groups is 1. The van der Waals surface area contributed by atoms with E-state index in [2.05, 4.69) is 16.9 Å². The zero-order valence-corrected chi connectivity index (χ0v) is 8.64. The predicted molar refractivity (Wildman–Crippen MR) is 52.8 cm³/mol. The molecule has 0 aliphatic carbocycles. The SMILES string of the molecule is CN1CCC(Cc2cnc(C(=O)O)o2)C1. The van der Waals surface area contributed by atoms with E-state index in [1.165, 1.54) is 6.20 Å². The first kappa shape index (κ1) is 10.2. The third-order valence-corrected chi connectivity index (χ3v) is 2.72. The summed E-state index contributed by atoms with van der Waals surface area (Å²) in [5, 5.41) is 8.64. The maximum Gasteiger partial charge on any atom is 0.392 e. The maximum atomic E-state index is 10.5. The second-order valence-electron chi connectivity index (χ2n) is 4.06. The van der Waals surface area contributed by atoms with Crippen LogP contribution in [0.3, 0.4) is 0 Å². The Labute approximate surface area is 87.7 Å². The second kappa shape index (κ2) is 4.02. The molecule has 0 amide bonds. The number of hydrogen-bond acceptors (Lipinski definition) is 4. The molecular weight excluding hydrogens is 196 g/mol. The third kappa shape index (κ3) is 2.36. The van der Waals surface area contributed by atoms with Gasteiger partial charge in [-0.25, -0.2) is 9.78 Å². The third-order valence-electron chi connectivity index (χ3n) is 2.72. The van der Waals surface area contributed by atoms with Crippen LogP contribution in [0.4, 0.5) is 0 Å². The Bertz CT molecular complexity index is 361. The van der Waals surface area contributed by atoms with E-state index >= 15 is 0 Å². The number of oxazole rings is 1. The number of aromatic carboxylic acids is 1. The molecule has 1 unspecified atom stereocenters. The van der Waals surface area contributed by atoms with Crippen LogP contribution < -0.4 is 0 Å². The van der Waals surface area contributed by atoms with Crippen molar-refractivity contribution in [2.45, 2.75) is 12.8 Å². The molecule has 2 heterocycles. The van der Waals surface area contributed by atoms with Crippen LogP contribution in [-0.2, 0) is 6.42 Å². The van der Waals surface area contributed by atoms with E-state index in [9.17, 15) is 4.79 Å². The molecule has 1 aromatic heterocycles. The highest BCUT2D eigenvalue weighted by Gasteiger charge is 2.21. The molecule has 15 heavy (non-hydrogen) atoms. The molecular formula is C10H14N2O3. The predicted octanol–water partition coefficient (Wildman–Crippen LogP) is 0.867. The fraction of sp³-hybridized carbons (Fsp3) is 0.600. The van der Waals surface area contributed by atoms with Gasteiger partial charge in [0.25, 0.3) is 0 Å². The lowest BCUT2D eigenvalue weighted by Crippen LogP contribution is -2.14. The molecule has 82 valence electrons. The molecule has 2 rings (SSSR count). The fourth-order valence-electron chi connectivity index (χ4n) is 1.98. The van der Waals surface area contributed by atoms with E-state index in [4.69, 9.17) is 9.52 Å². The molecule has 1 aliphatic heterocycles. The minimum atomic E-state index is -1.11. The van der Waals surface area contributed by atoms with E-state index < -0.39 is 5.97 Å². The first-order valence-corrected chi connectivity index (χ1v) is 5.01. The molecule has 1 aromatic rings. The van der Waals surface area contributed by atoms with Crippen LogP contribution in [-0.4, -0.2) is 41.1 Å². The Morgan fingerprint density at radius 2 is 2.60 bits per heavy atom. The lowest BCUT2D eigenvalue weighted by Gasteiger charge is -2.07. The van der Waals surface area contributed by atoms with E-state index in [0.29, 0.717) is 11.7 Å². The van der Waals surface area contributed by atoms with Gasteiger partial charge in [-0.1, -0.05) is 0 Å². The first-order chi connectivity index (χ1) is 7.15. The highest BCUT2D eigenvalue weighted by Crippen LogP contribution is 2.19. The minimum Gasteiger partial charge on any atom is -0.474 e. The van der Waals surface area contributed by atoms with Gasteiger partial charge in [-0.3, -0.25) is 0 Å². The zero-order chi connectivity index (χ0) is 10.8. The molecule has 0 radical (unpaired) electrons. The molecule has 0 bridgehead atoms. The Morgan fingerprint density at radius 3 is 3.13 bits per heavy atom. The molecule has 1 atom stereocenters. The summed E-state index contributed by atoms with van der Waals surface area (Å²) in [5.41, 5.74) is 0. The number of carboxylic acids is 1. The number of carboxylic acid groups (broad SMARTS) is 1. The summed E-state index contributed by atoms with van der Waals surface area (Å²) in [7, 11) is 2.09. The Morgan fingerprint density at radius 1 is 1.80 bits per heavy atom. The molecule has 0 aromatic carbocycles. The number of likely N-dealkylation sites (tertiary alicyclic amines) is 1.